The van der Waals surface area contributed by atoms with Crippen molar-refractivity contribution in [3.8, 4) is 6.07 Å². The molecule has 0 aromatic heterocycles. The van der Waals surface area contributed by atoms with Gasteiger partial charge in [0.15, 0.2) is 0 Å². The Morgan fingerprint density at radius 3 is 2.79 bits per heavy atom. The summed E-state index contributed by atoms with van der Waals surface area (Å²) in [6.45, 7) is 1.98. The van der Waals surface area contributed by atoms with Gasteiger partial charge < -0.3 is 5.32 Å². The summed E-state index contributed by atoms with van der Waals surface area (Å²) in [6.07, 6.45) is 0.502. The molecule has 1 N–H and O–H groups in total. The fourth-order valence-electron chi connectivity index (χ4n) is 1.06. The molecule has 0 fully saturated rings. The van der Waals surface area contributed by atoms with E-state index in [4.69, 9.17) is 5.26 Å². The first-order valence-electron chi connectivity index (χ1n) is 4.22. The van der Waals surface area contributed by atoms with E-state index in [2.05, 4.69) is 43.2 Å². The third kappa shape index (κ3) is 3.32. The lowest BCUT2D eigenvalue weighted by Gasteiger charge is -2.13. The lowest BCUT2D eigenvalue weighted by molar-refractivity contribution is 0.820. The zero-order chi connectivity index (χ0) is 10.6. The lowest BCUT2D eigenvalue weighted by atomic mass is 10.2. The number of nitriles is 1. The summed E-state index contributed by atoms with van der Waals surface area (Å²) in [4.78, 5) is 0. The second kappa shape index (κ2) is 5.38. The fraction of sp³-hybridized carbons (Fsp3) is 0.300. The molecule has 0 saturated carbocycles. The Balaban J connectivity index is 2.73. The molecule has 1 atom stereocenters. The molecule has 0 aliphatic carbocycles. The highest BCUT2D eigenvalue weighted by Gasteiger charge is 2.04. The molecule has 0 aliphatic heterocycles. The summed E-state index contributed by atoms with van der Waals surface area (Å²) in [5.74, 6) is 0. The van der Waals surface area contributed by atoms with E-state index < -0.39 is 0 Å². The van der Waals surface area contributed by atoms with E-state index in [0.29, 0.717) is 6.42 Å². The quantitative estimate of drug-likeness (QED) is 0.917. The highest BCUT2D eigenvalue weighted by molar-refractivity contribution is 9.11. The minimum absolute atomic E-state index is 0.164. The van der Waals surface area contributed by atoms with Crippen molar-refractivity contribution in [2.75, 3.05) is 5.32 Å². The summed E-state index contributed by atoms with van der Waals surface area (Å²) in [5.41, 5.74) is 1.01. The minimum Gasteiger partial charge on any atom is -0.381 e. The number of hydrogen-bond acceptors (Lipinski definition) is 2. The van der Waals surface area contributed by atoms with Crippen LogP contribution in [0.15, 0.2) is 27.1 Å². The summed E-state index contributed by atoms with van der Waals surface area (Å²) in [7, 11) is 0. The Labute approximate surface area is 101 Å². The fourth-order valence-corrected chi connectivity index (χ4v) is 2.22. The average molecular weight is 318 g/mol. The van der Waals surface area contributed by atoms with Gasteiger partial charge in [0.25, 0.3) is 0 Å². The number of benzene rings is 1. The van der Waals surface area contributed by atoms with Crippen molar-refractivity contribution >= 4 is 37.5 Å². The van der Waals surface area contributed by atoms with Crippen molar-refractivity contribution in [3.63, 3.8) is 0 Å². The van der Waals surface area contributed by atoms with Gasteiger partial charge in [-0.15, -0.1) is 0 Å². The van der Waals surface area contributed by atoms with E-state index >= 15 is 0 Å². The molecule has 0 amide bonds. The molecule has 0 radical (unpaired) electrons. The largest absolute Gasteiger partial charge is 0.381 e. The van der Waals surface area contributed by atoms with Gasteiger partial charge in [-0.3, -0.25) is 0 Å². The standard InChI is InChI=1S/C10H10Br2N2/c1-7(4-5-13)14-10-3-2-8(11)6-9(10)12/h2-3,6-7,14H,4H2,1H3. The first-order valence-corrected chi connectivity index (χ1v) is 5.80. The van der Waals surface area contributed by atoms with Crippen LogP contribution in [-0.4, -0.2) is 6.04 Å². The third-order valence-corrected chi connectivity index (χ3v) is 2.88. The van der Waals surface area contributed by atoms with E-state index in [-0.39, 0.29) is 6.04 Å². The number of hydrogen-bond donors (Lipinski definition) is 1. The number of rotatable bonds is 3. The van der Waals surface area contributed by atoms with Crippen molar-refractivity contribution < 1.29 is 0 Å². The third-order valence-electron chi connectivity index (χ3n) is 1.73. The van der Waals surface area contributed by atoms with Gasteiger partial charge in [0.05, 0.1) is 12.5 Å². The summed E-state index contributed by atoms with van der Waals surface area (Å²) in [5, 5.41) is 11.8. The van der Waals surface area contributed by atoms with Crippen LogP contribution in [0.4, 0.5) is 5.69 Å². The molecular formula is C10H10Br2N2. The van der Waals surface area contributed by atoms with Gasteiger partial charge in [0, 0.05) is 20.7 Å². The monoisotopic (exact) mass is 316 g/mol. The summed E-state index contributed by atoms with van der Waals surface area (Å²) in [6, 6.07) is 8.21. The smallest absolute Gasteiger partial charge is 0.0643 e. The van der Waals surface area contributed by atoms with Gasteiger partial charge in [-0.2, -0.15) is 5.26 Å². The number of nitrogens with one attached hydrogen (secondary N) is 1. The van der Waals surface area contributed by atoms with E-state index in [9.17, 15) is 0 Å². The maximum Gasteiger partial charge on any atom is 0.0643 e. The van der Waals surface area contributed by atoms with Crippen LogP contribution in [0.3, 0.4) is 0 Å². The van der Waals surface area contributed by atoms with Crippen molar-refractivity contribution in [2.24, 2.45) is 0 Å². The van der Waals surface area contributed by atoms with Crippen molar-refractivity contribution in [1.29, 1.82) is 5.26 Å². The van der Waals surface area contributed by atoms with Crippen LogP contribution >= 0.6 is 31.9 Å². The van der Waals surface area contributed by atoms with E-state index in [1.165, 1.54) is 0 Å². The molecule has 14 heavy (non-hydrogen) atoms. The lowest BCUT2D eigenvalue weighted by Crippen LogP contribution is -2.14. The molecular weight excluding hydrogens is 308 g/mol. The number of nitrogens with zero attached hydrogens (tertiary/aromatic N) is 1. The Hall–Kier alpha value is -0.530. The van der Waals surface area contributed by atoms with Crippen molar-refractivity contribution in [1.82, 2.24) is 0 Å². The highest BCUT2D eigenvalue weighted by Crippen LogP contribution is 2.26. The predicted octanol–water partition coefficient (Wildman–Crippen LogP) is 3.93. The molecule has 0 aliphatic rings. The first-order chi connectivity index (χ1) is 6.63. The predicted molar refractivity (Wildman–Crippen MR) is 65.2 cm³/mol. The molecule has 0 spiro atoms. The van der Waals surface area contributed by atoms with Gasteiger partial charge in [-0.25, -0.2) is 0 Å². The Kier molecular flexibility index (Phi) is 4.43. The molecule has 1 aromatic carbocycles. The molecule has 74 valence electrons. The Morgan fingerprint density at radius 2 is 2.21 bits per heavy atom. The second-order valence-corrected chi connectivity index (χ2v) is 4.80. The molecule has 0 bridgehead atoms. The Bertz CT molecular complexity index is 358. The Morgan fingerprint density at radius 1 is 1.50 bits per heavy atom. The van der Waals surface area contributed by atoms with Gasteiger partial charge in [0.2, 0.25) is 0 Å². The topological polar surface area (TPSA) is 35.8 Å². The van der Waals surface area contributed by atoms with Crippen LogP contribution in [0.1, 0.15) is 13.3 Å². The van der Waals surface area contributed by atoms with Crippen LogP contribution in [-0.2, 0) is 0 Å². The SMILES string of the molecule is CC(CC#N)Nc1ccc(Br)cc1Br. The average Bonchev–Trinajstić information content (AvgIpc) is 2.10. The van der Waals surface area contributed by atoms with Crippen LogP contribution in [0.5, 0.6) is 0 Å². The molecule has 1 unspecified atom stereocenters. The van der Waals surface area contributed by atoms with Gasteiger partial charge >= 0.3 is 0 Å². The molecule has 0 heterocycles. The number of halogens is 2. The molecule has 2 nitrogen and oxygen atoms in total. The van der Waals surface area contributed by atoms with Crippen LogP contribution in [0.25, 0.3) is 0 Å². The molecule has 4 heteroatoms. The van der Waals surface area contributed by atoms with E-state index in [1.54, 1.807) is 0 Å². The summed E-state index contributed by atoms with van der Waals surface area (Å²) < 4.78 is 2.03. The molecule has 1 aromatic rings. The van der Waals surface area contributed by atoms with Crippen LogP contribution in [0.2, 0.25) is 0 Å². The maximum absolute atomic E-state index is 8.52. The van der Waals surface area contributed by atoms with E-state index in [1.807, 2.05) is 25.1 Å². The maximum atomic E-state index is 8.52. The van der Waals surface area contributed by atoms with Gasteiger partial charge in [0.1, 0.15) is 0 Å². The molecule has 0 saturated heterocycles. The highest BCUT2D eigenvalue weighted by atomic mass is 79.9. The van der Waals surface area contributed by atoms with Crippen molar-refractivity contribution in [3.05, 3.63) is 27.1 Å². The van der Waals surface area contributed by atoms with Crippen molar-refractivity contribution in [2.45, 2.75) is 19.4 Å². The normalized spacial score (nSPS) is 11.9. The second-order valence-electron chi connectivity index (χ2n) is 3.03. The zero-order valence-electron chi connectivity index (χ0n) is 7.72. The number of anilines is 1. The zero-order valence-corrected chi connectivity index (χ0v) is 10.9. The van der Waals surface area contributed by atoms with Gasteiger partial charge in [-0.1, -0.05) is 15.9 Å². The van der Waals surface area contributed by atoms with Gasteiger partial charge in [-0.05, 0) is 41.1 Å². The molecule has 1 rings (SSSR count). The first kappa shape index (κ1) is 11.5. The van der Waals surface area contributed by atoms with Crippen LogP contribution < -0.4 is 5.32 Å². The van der Waals surface area contributed by atoms with E-state index in [0.717, 1.165) is 14.6 Å². The minimum atomic E-state index is 0.164. The van der Waals surface area contributed by atoms with Crippen LogP contribution in [0, 0.1) is 11.3 Å². The summed E-state index contributed by atoms with van der Waals surface area (Å²) >= 11 is 6.83.